The quantitative estimate of drug-likeness (QED) is 0.850. The molecule has 1 aromatic carbocycles. The second kappa shape index (κ2) is 4.15. The Morgan fingerprint density at radius 3 is 2.76 bits per heavy atom. The molecule has 0 amide bonds. The summed E-state index contributed by atoms with van der Waals surface area (Å²) in [5.74, 6) is -0.819. The number of hydrogen-bond acceptors (Lipinski definition) is 2. The van der Waals surface area contributed by atoms with Crippen molar-refractivity contribution in [2.45, 2.75) is 31.7 Å². The minimum atomic E-state index is -0.819. The molecule has 3 rings (SSSR count). The SMILES string of the molecule is O=C(O)c1ccc2c(c1)C(N1CCC1)CCC2. The first-order valence-electron chi connectivity index (χ1n) is 6.36. The van der Waals surface area contributed by atoms with E-state index in [1.165, 1.54) is 43.5 Å². The van der Waals surface area contributed by atoms with E-state index < -0.39 is 5.97 Å². The Balaban J connectivity index is 1.98. The van der Waals surface area contributed by atoms with Gasteiger partial charge >= 0.3 is 5.97 Å². The van der Waals surface area contributed by atoms with Crippen LogP contribution in [0.25, 0.3) is 0 Å². The van der Waals surface area contributed by atoms with Gasteiger partial charge in [-0.15, -0.1) is 0 Å². The number of carbonyl (C=O) groups is 1. The van der Waals surface area contributed by atoms with Crippen LogP contribution in [-0.2, 0) is 6.42 Å². The topological polar surface area (TPSA) is 40.5 Å². The molecule has 1 aromatic rings. The maximum Gasteiger partial charge on any atom is 0.335 e. The molecular formula is C14H17NO2. The summed E-state index contributed by atoms with van der Waals surface area (Å²) in [5, 5.41) is 9.07. The molecule has 1 fully saturated rings. The van der Waals surface area contributed by atoms with Crippen molar-refractivity contribution in [2.24, 2.45) is 0 Å². The van der Waals surface area contributed by atoms with Crippen LogP contribution in [0.5, 0.6) is 0 Å². The third-order valence-electron chi connectivity index (χ3n) is 4.01. The lowest BCUT2D eigenvalue weighted by Crippen LogP contribution is -2.41. The van der Waals surface area contributed by atoms with Gasteiger partial charge in [0.15, 0.2) is 0 Å². The van der Waals surface area contributed by atoms with Gasteiger partial charge in [0.25, 0.3) is 0 Å². The summed E-state index contributed by atoms with van der Waals surface area (Å²) in [5.41, 5.74) is 3.03. The molecule has 0 bridgehead atoms. The van der Waals surface area contributed by atoms with E-state index in [-0.39, 0.29) is 0 Å². The lowest BCUT2D eigenvalue weighted by Gasteiger charge is -2.41. The highest BCUT2D eigenvalue weighted by molar-refractivity contribution is 5.88. The standard InChI is InChI=1S/C14H17NO2/c16-14(17)11-6-5-10-3-1-4-13(12(10)9-11)15-7-2-8-15/h5-6,9,13H,1-4,7-8H2,(H,16,17). The van der Waals surface area contributed by atoms with Crippen LogP contribution in [-0.4, -0.2) is 29.1 Å². The monoisotopic (exact) mass is 231 g/mol. The van der Waals surface area contributed by atoms with Crippen LogP contribution in [0.3, 0.4) is 0 Å². The molecule has 90 valence electrons. The Kier molecular flexibility index (Phi) is 2.63. The first-order valence-corrected chi connectivity index (χ1v) is 6.36. The van der Waals surface area contributed by atoms with Crippen LogP contribution in [0.1, 0.15) is 46.8 Å². The Bertz CT molecular complexity index is 452. The third-order valence-corrected chi connectivity index (χ3v) is 4.01. The number of carboxylic acid groups (broad SMARTS) is 1. The Morgan fingerprint density at radius 1 is 1.29 bits per heavy atom. The van der Waals surface area contributed by atoms with E-state index in [1.54, 1.807) is 6.07 Å². The lowest BCUT2D eigenvalue weighted by molar-refractivity contribution is 0.0695. The molecule has 0 radical (unpaired) electrons. The molecule has 1 saturated heterocycles. The van der Waals surface area contributed by atoms with Gasteiger partial charge in [-0.25, -0.2) is 4.79 Å². The molecule has 1 unspecified atom stereocenters. The van der Waals surface area contributed by atoms with Crippen LogP contribution in [0.4, 0.5) is 0 Å². The van der Waals surface area contributed by atoms with Gasteiger partial charge in [0.05, 0.1) is 5.56 Å². The molecule has 3 heteroatoms. The number of fused-ring (bicyclic) bond motifs is 1. The summed E-state index contributed by atoms with van der Waals surface area (Å²) in [6.45, 7) is 2.34. The zero-order valence-corrected chi connectivity index (χ0v) is 9.85. The maximum atomic E-state index is 11.0. The van der Waals surface area contributed by atoms with Gasteiger partial charge in [-0.05, 0) is 62.0 Å². The van der Waals surface area contributed by atoms with Gasteiger partial charge in [0, 0.05) is 6.04 Å². The molecule has 3 nitrogen and oxygen atoms in total. The maximum absolute atomic E-state index is 11.0. The summed E-state index contributed by atoms with van der Waals surface area (Å²) < 4.78 is 0. The number of benzene rings is 1. The molecule has 1 atom stereocenters. The van der Waals surface area contributed by atoms with Gasteiger partial charge in [-0.2, -0.15) is 0 Å². The molecule has 1 aliphatic carbocycles. The number of likely N-dealkylation sites (tertiary alicyclic amines) is 1. The zero-order chi connectivity index (χ0) is 11.8. The smallest absolute Gasteiger partial charge is 0.335 e. The molecule has 0 spiro atoms. The summed E-state index contributed by atoms with van der Waals surface area (Å²) in [4.78, 5) is 13.5. The number of aromatic carboxylic acids is 1. The van der Waals surface area contributed by atoms with E-state index in [4.69, 9.17) is 5.11 Å². The highest BCUT2D eigenvalue weighted by atomic mass is 16.4. The van der Waals surface area contributed by atoms with E-state index in [0.717, 1.165) is 6.42 Å². The van der Waals surface area contributed by atoms with Crippen molar-refractivity contribution in [1.82, 2.24) is 4.90 Å². The number of hydrogen-bond donors (Lipinski definition) is 1. The van der Waals surface area contributed by atoms with Crippen molar-refractivity contribution in [3.63, 3.8) is 0 Å². The molecule has 1 heterocycles. The molecule has 2 aliphatic rings. The molecular weight excluding hydrogens is 214 g/mol. The molecule has 1 N–H and O–H groups in total. The predicted molar refractivity (Wildman–Crippen MR) is 65.3 cm³/mol. The van der Waals surface area contributed by atoms with Gasteiger partial charge in [0.1, 0.15) is 0 Å². The fourth-order valence-electron chi connectivity index (χ4n) is 2.94. The van der Waals surface area contributed by atoms with E-state index in [9.17, 15) is 4.79 Å². The van der Waals surface area contributed by atoms with E-state index in [0.29, 0.717) is 11.6 Å². The lowest BCUT2D eigenvalue weighted by atomic mass is 9.84. The average Bonchev–Trinajstić information content (AvgIpc) is 2.26. The largest absolute Gasteiger partial charge is 0.478 e. The fraction of sp³-hybridized carbons (Fsp3) is 0.500. The van der Waals surface area contributed by atoms with Crippen LogP contribution < -0.4 is 0 Å². The molecule has 1 aliphatic heterocycles. The van der Waals surface area contributed by atoms with Crippen LogP contribution in [0.2, 0.25) is 0 Å². The first kappa shape index (κ1) is 10.8. The van der Waals surface area contributed by atoms with Crippen LogP contribution in [0, 0.1) is 0 Å². The van der Waals surface area contributed by atoms with Gasteiger partial charge in [0.2, 0.25) is 0 Å². The van der Waals surface area contributed by atoms with Crippen molar-refractivity contribution < 1.29 is 9.90 Å². The summed E-state index contributed by atoms with van der Waals surface area (Å²) in [7, 11) is 0. The van der Waals surface area contributed by atoms with Crippen LogP contribution >= 0.6 is 0 Å². The second-order valence-corrected chi connectivity index (χ2v) is 5.02. The van der Waals surface area contributed by atoms with E-state index >= 15 is 0 Å². The van der Waals surface area contributed by atoms with Gasteiger partial charge in [-0.3, -0.25) is 4.90 Å². The second-order valence-electron chi connectivity index (χ2n) is 5.02. The Morgan fingerprint density at radius 2 is 2.12 bits per heavy atom. The summed E-state index contributed by atoms with van der Waals surface area (Å²) >= 11 is 0. The normalized spacial score (nSPS) is 23.9. The number of rotatable bonds is 2. The Labute approximate surface area is 101 Å². The van der Waals surface area contributed by atoms with Crippen LogP contribution in [0.15, 0.2) is 18.2 Å². The Hall–Kier alpha value is -1.35. The fourth-order valence-corrected chi connectivity index (χ4v) is 2.94. The number of nitrogens with zero attached hydrogens (tertiary/aromatic N) is 1. The summed E-state index contributed by atoms with van der Waals surface area (Å²) in [6, 6.07) is 6.09. The highest BCUT2D eigenvalue weighted by Crippen LogP contribution is 2.37. The number of aryl methyl sites for hydroxylation is 1. The molecule has 0 saturated carbocycles. The predicted octanol–water partition coefficient (Wildman–Crippen LogP) is 2.47. The minimum absolute atomic E-state index is 0.427. The summed E-state index contributed by atoms with van der Waals surface area (Å²) in [6.07, 6.45) is 4.78. The molecule has 17 heavy (non-hydrogen) atoms. The average molecular weight is 231 g/mol. The highest BCUT2D eigenvalue weighted by Gasteiger charge is 2.29. The van der Waals surface area contributed by atoms with Gasteiger partial charge < -0.3 is 5.11 Å². The molecule has 0 aromatic heterocycles. The first-order chi connectivity index (χ1) is 8.25. The number of carboxylic acids is 1. The van der Waals surface area contributed by atoms with Crippen molar-refractivity contribution in [2.75, 3.05) is 13.1 Å². The van der Waals surface area contributed by atoms with E-state index in [1.807, 2.05) is 12.1 Å². The van der Waals surface area contributed by atoms with Crippen molar-refractivity contribution in [3.8, 4) is 0 Å². The zero-order valence-electron chi connectivity index (χ0n) is 9.85. The minimum Gasteiger partial charge on any atom is -0.478 e. The van der Waals surface area contributed by atoms with Crippen molar-refractivity contribution in [3.05, 3.63) is 34.9 Å². The van der Waals surface area contributed by atoms with Crippen molar-refractivity contribution in [1.29, 1.82) is 0 Å². The van der Waals surface area contributed by atoms with Crippen molar-refractivity contribution >= 4 is 5.97 Å². The third kappa shape index (κ3) is 1.84. The van der Waals surface area contributed by atoms with E-state index in [2.05, 4.69) is 4.90 Å². The van der Waals surface area contributed by atoms with Gasteiger partial charge in [-0.1, -0.05) is 6.07 Å².